The summed E-state index contributed by atoms with van der Waals surface area (Å²) in [6, 6.07) is 28.5. The number of benzene rings is 3. The van der Waals surface area contributed by atoms with Crippen molar-refractivity contribution in [3.05, 3.63) is 102 Å². The third-order valence-electron chi connectivity index (χ3n) is 4.51. The molecule has 2 N–H and O–H groups in total. The van der Waals surface area contributed by atoms with E-state index in [0.717, 1.165) is 11.1 Å². The molecule has 5 heteroatoms. The second-order valence-electron chi connectivity index (χ2n) is 6.62. The largest absolute Gasteiger partial charge is 0.324 e. The lowest BCUT2D eigenvalue weighted by Gasteiger charge is -2.17. The molecule has 0 saturated heterocycles. The van der Waals surface area contributed by atoms with Crippen molar-refractivity contribution in [2.45, 2.75) is 12.6 Å². The first-order valence-electron chi connectivity index (χ1n) is 9.08. The number of hydrogen-bond donors (Lipinski definition) is 2. The van der Waals surface area contributed by atoms with Crippen molar-refractivity contribution in [1.82, 2.24) is 5.32 Å². The van der Waals surface area contributed by atoms with E-state index in [9.17, 15) is 4.79 Å². The molecule has 1 heterocycles. The van der Waals surface area contributed by atoms with Gasteiger partial charge in [0.05, 0.1) is 0 Å². The van der Waals surface area contributed by atoms with Gasteiger partial charge in [0, 0.05) is 16.8 Å². The van der Waals surface area contributed by atoms with Gasteiger partial charge in [-0.1, -0.05) is 78.9 Å². The Labute approximate surface area is 163 Å². The molecule has 0 aromatic heterocycles. The normalized spacial score (nSPS) is 18.2. The van der Waals surface area contributed by atoms with Crippen molar-refractivity contribution in [1.29, 1.82) is 0 Å². The average Bonchev–Trinajstić information content (AvgIpc) is 3.07. The average molecular weight is 368 g/mol. The van der Waals surface area contributed by atoms with Crippen LogP contribution in [0.15, 0.2) is 101 Å². The van der Waals surface area contributed by atoms with Crippen LogP contribution in [0.25, 0.3) is 0 Å². The first-order valence-corrected chi connectivity index (χ1v) is 9.08. The van der Waals surface area contributed by atoms with Gasteiger partial charge in [0.25, 0.3) is 0 Å². The maximum absolute atomic E-state index is 12.5. The van der Waals surface area contributed by atoms with Gasteiger partial charge in [0.1, 0.15) is 5.71 Å². The summed E-state index contributed by atoms with van der Waals surface area (Å²) in [6.45, 7) is 1.94. The van der Waals surface area contributed by atoms with Gasteiger partial charge in [-0.3, -0.25) is 5.32 Å². The minimum atomic E-state index is -0.790. The number of urea groups is 1. The van der Waals surface area contributed by atoms with Gasteiger partial charge in [-0.2, -0.15) is 0 Å². The molecule has 0 bridgehead atoms. The molecule has 2 amide bonds. The van der Waals surface area contributed by atoms with Crippen LogP contribution >= 0.6 is 0 Å². The van der Waals surface area contributed by atoms with E-state index in [-0.39, 0.29) is 6.03 Å². The number of carbonyl (C=O) groups excluding carboxylic acids is 1. The zero-order valence-corrected chi connectivity index (χ0v) is 15.5. The highest BCUT2D eigenvalue weighted by atomic mass is 16.2. The van der Waals surface area contributed by atoms with Gasteiger partial charge in [0.15, 0.2) is 11.5 Å². The van der Waals surface area contributed by atoms with E-state index in [1.165, 1.54) is 0 Å². The van der Waals surface area contributed by atoms with Crippen molar-refractivity contribution >= 4 is 23.3 Å². The predicted octanol–water partition coefficient (Wildman–Crippen LogP) is 4.58. The lowest BCUT2D eigenvalue weighted by molar-refractivity contribution is 0.256. The fourth-order valence-corrected chi connectivity index (χ4v) is 3.13. The summed E-state index contributed by atoms with van der Waals surface area (Å²) >= 11 is 0. The lowest BCUT2D eigenvalue weighted by Crippen LogP contribution is -2.38. The molecule has 1 aliphatic rings. The van der Waals surface area contributed by atoms with Gasteiger partial charge in [-0.05, 0) is 19.1 Å². The predicted molar refractivity (Wildman–Crippen MR) is 113 cm³/mol. The Morgan fingerprint density at radius 2 is 1.32 bits per heavy atom. The van der Waals surface area contributed by atoms with Crippen molar-refractivity contribution in [3.63, 3.8) is 0 Å². The fourth-order valence-electron chi connectivity index (χ4n) is 3.13. The molecular formula is C23H20N4O. The van der Waals surface area contributed by atoms with Crippen LogP contribution in [0.5, 0.6) is 0 Å². The molecule has 1 unspecified atom stereocenters. The number of para-hydroxylation sites is 1. The number of amides is 2. The molecule has 138 valence electrons. The van der Waals surface area contributed by atoms with Crippen LogP contribution in [0.3, 0.4) is 0 Å². The summed E-state index contributed by atoms with van der Waals surface area (Å²) in [4.78, 5) is 22.2. The Bertz CT molecular complexity index is 1030. The minimum Gasteiger partial charge on any atom is -0.308 e. The Hall–Kier alpha value is -3.73. The molecule has 5 nitrogen and oxygen atoms in total. The summed E-state index contributed by atoms with van der Waals surface area (Å²) in [5.74, 6) is 0.450. The standard InChI is InChI=1S/C23H20N4O/c1-23(18-13-7-3-8-14-18)26-20(17-11-5-2-6-12-17)21(27-23)25-22(28)24-19-15-9-4-10-16-19/h2-16H,1H3,(H2,24,25,27,28). The van der Waals surface area contributed by atoms with Crippen molar-refractivity contribution in [2.24, 2.45) is 9.98 Å². The second-order valence-corrected chi connectivity index (χ2v) is 6.62. The quantitative estimate of drug-likeness (QED) is 0.698. The lowest BCUT2D eigenvalue weighted by atomic mass is 10.0. The molecule has 3 aromatic carbocycles. The van der Waals surface area contributed by atoms with E-state index in [1.807, 2.05) is 97.9 Å². The first kappa shape index (κ1) is 17.7. The van der Waals surface area contributed by atoms with Crippen molar-refractivity contribution in [3.8, 4) is 0 Å². The highest BCUT2D eigenvalue weighted by Crippen LogP contribution is 2.32. The Morgan fingerprint density at radius 3 is 1.96 bits per heavy atom. The molecule has 3 aromatic rings. The van der Waals surface area contributed by atoms with Crippen molar-refractivity contribution in [2.75, 3.05) is 5.32 Å². The van der Waals surface area contributed by atoms with Gasteiger partial charge < -0.3 is 5.32 Å². The summed E-state index contributed by atoms with van der Waals surface area (Å²) in [5.41, 5.74) is 2.45. The molecule has 0 radical (unpaired) electrons. The Balaban J connectivity index is 1.66. The molecule has 1 aliphatic heterocycles. The van der Waals surface area contributed by atoms with E-state index in [4.69, 9.17) is 9.98 Å². The highest BCUT2D eigenvalue weighted by Gasteiger charge is 2.34. The molecule has 0 aliphatic carbocycles. The number of carbonyl (C=O) groups is 1. The van der Waals surface area contributed by atoms with E-state index in [2.05, 4.69) is 10.6 Å². The molecule has 0 fully saturated rings. The van der Waals surface area contributed by atoms with Crippen LogP contribution in [0.4, 0.5) is 10.5 Å². The fraction of sp³-hybridized carbons (Fsp3) is 0.0870. The zero-order chi connectivity index (χ0) is 19.4. The maximum Gasteiger partial charge on any atom is 0.324 e. The van der Waals surface area contributed by atoms with Crippen LogP contribution < -0.4 is 10.6 Å². The maximum atomic E-state index is 12.5. The minimum absolute atomic E-state index is 0.356. The number of nitrogens with zero attached hydrogens (tertiary/aromatic N) is 2. The van der Waals surface area contributed by atoms with Crippen LogP contribution in [0.1, 0.15) is 18.1 Å². The summed E-state index contributed by atoms with van der Waals surface area (Å²) in [7, 11) is 0. The molecular weight excluding hydrogens is 348 g/mol. The number of aliphatic imine (C=N–C) groups is 2. The molecule has 4 rings (SSSR count). The van der Waals surface area contributed by atoms with E-state index in [1.54, 1.807) is 0 Å². The molecule has 0 spiro atoms. The number of nitrogens with one attached hydrogen (secondary N) is 2. The topological polar surface area (TPSA) is 65.8 Å². The molecule has 28 heavy (non-hydrogen) atoms. The van der Waals surface area contributed by atoms with Crippen LogP contribution in [0.2, 0.25) is 0 Å². The van der Waals surface area contributed by atoms with Gasteiger partial charge >= 0.3 is 6.03 Å². The molecule has 0 saturated carbocycles. The summed E-state index contributed by atoms with van der Waals surface area (Å²) in [6.07, 6.45) is 0. The van der Waals surface area contributed by atoms with Crippen LogP contribution in [0, 0.1) is 0 Å². The van der Waals surface area contributed by atoms with Gasteiger partial charge in [-0.15, -0.1) is 0 Å². The van der Waals surface area contributed by atoms with Gasteiger partial charge in [-0.25, -0.2) is 14.8 Å². The Morgan fingerprint density at radius 1 is 0.750 bits per heavy atom. The molecule has 1 atom stereocenters. The van der Waals surface area contributed by atoms with Crippen LogP contribution in [-0.2, 0) is 5.66 Å². The Kier molecular flexibility index (Phi) is 4.72. The van der Waals surface area contributed by atoms with Crippen LogP contribution in [-0.4, -0.2) is 17.6 Å². The summed E-state index contributed by atoms with van der Waals surface area (Å²) < 4.78 is 0. The SMILES string of the molecule is CC1(c2ccccc2)N=C(NC(=O)Nc2ccccc2)C(c2ccccc2)=N1. The zero-order valence-electron chi connectivity index (χ0n) is 15.5. The second kappa shape index (κ2) is 7.48. The van der Waals surface area contributed by atoms with E-state index >= 15 is 0 Å². The number of amidine groups is 1. The third kappa shape index (κ3) is 3.69. The monoisotopic (exact) mass is 368 g/mol. The first-order chi connectivity index (χ1) is 13.6. The van der Waals surface area contributed by atoms with E-state index < -0.39 is 5.66 Å². The van der Waals surface area contributed by atoms with Crippen molar-refractivity contribution < 1.29 is 4.79 Å². The smallest absolute Gasteiger partial charge is 0.308 e. The van der Waals surface area contributed by atoms with E-state index in [0.29, 0.717) is 17.2 Å². The number of hydrogen-bond acceptors (Lipinski definition) is 3. The number of rotatable bonds is 3. The highest BCUT2D eigenvalue weighted by molar-refractivity contribution is 6.50. The third-order valence-corrected chi connectivity index (χ3v) is 4.51. The number of anilines is 1. The van der Waals surface area contributed by atoms with Gasteiger partial charge in [0.2, 0.25) is 0 Å². The summed E-state index contributed by atoms with van der Waals surface area (Å²) in [5, 5.41) is 5.69.